The highest BCUT2D eigenvalue weighted by atomic mass is 32.2. The molecule has 0 spiro atoms. The molecule has 1 amide bonds. The van der Waals surface area contributed by atoms with E-state index in [-0.39, 0.29) is 17.4 Å². The first kappa shape index (κ1) is 18.2. The molecule has 1 aromatic rings. The van der Waals surface area contributed by atoms with Crippen LogP contribution in [0.2, 0.25) is 0 Å². The normalized spacial score (nSPS) is 12.0. The Labute approximate surface area is 130 Å². The quantitative estimate of drug-likeness (QED) is 0.801. The molecule has 0 unspecified atom stereocenters. The molecule has 122 valence electrons. The molecule has 1 aromatic heterocycles. The molecule has 7 nitrogen and oxygen atoms in total. The lowest BCUT2D eigenvalue weighted by Crippen LogP contribution is -2.40. The van der Waals surface area contributed by atoms with Crippen molar-refractivity contribution in [1.82, 2.24) is 9.62 Å². The molecule has 0 aliphatic rings. The highest BCUT2D eigenvalue weighted by Gasteiger charge is 2.27. The molecule has 8 heteroatoms. The molecule has 0 bridgehead atoms. The van der Waals surface area contributed by atoms with Gasteiger partial charge in [-0.05, 0) is 39.3 Å². The van der Waals surface area contributed by atoms with Gasteiger partial charge in [-0.2, -0.15) is 5.26 Å². The number of rotatable bonds is 6. The van der Waals surface area contributed by atoms with E-state index < -0.39 is 21.5 Å². The summed E-state index contributed by atoms with van der Waals surface area (Å²) >= 11 is 0. The summed E-state index contributed by atoms with van der Waals surface area (Å²) in [5.41, 5.74) is -0.662. The number of carbonyl (C=O) groups excluding carboxylic acids is 1. The fourth-order valence-electron chi connectivity index (χ4n) is 1.80. The van der Waals surface area contributed by atoms with E-state index in [2.05, 4.69) is 4.72 Å². The van der Waals surface area contributed by atoms with E-state index in [4.69, 9.17) is 9.68 Å². The first-order valence-electron chi connectivity index (χ1n) is 6.90. The lowest BCUT2D eigenvalue weighted by molar-refractivity contribution is 0.0738. The van der Waals surface area contributed by atoms with Crippen LogP contribution in [0.5, 0.6) is 0 Å². The molecule has 0 saturated heterocycles. The lowest BCUT2D eigenvalue weighted by Gasteiger charge is -2.19. The van der Waals surface area contributed by atoms with Gasteiger partial charge in [0.05, 0.1) is 6.07 Å². The van der Waals surface area contributed by atoms with E-state index in [0.29, 0.717) is 13.0 Å². The number of nitrogens with zero attached hydrogens (tertiary/aromatic N) is 2. The standard InChI is InChI=1S/C14H21N3O4S/c1-5-9-17(10-8-15)13(18)11-6-7-12(21-11)22(19,20)16-14(2,3)4/h6-7,16H,5,9-10H2,1-4H3. The maximum Gasteiger partial charge on any atom is 0.290 e. The lowest BCUT2D eigenvalue weighted by atomic mass is 10.1. The molecule has 0 aliphatic carbocycles. The SMILES string of the molecule is CCCN(CC#N)C(=O)c1ccc(S(=O)(=O)NC(C)(C)C)o1. The summed E-state index contributed by atoms with van der Waals surface area (Å²) in [7, 11) is -3.83. The minimum Gasteiger partial charge on any atom is -0.438 e. The van der Waals surface area contributed by atoms with Crippen molar-refractivity contribution in [3.63, 3.8) is 0 Å². The Kier molecular flexibility index (Phi) is 5.74. The maximum atomic E-state index is 12.2. The van der Waals surface area contributed by atoms with Gasteiger partial charge in [-0.3, -0.25) is 4.79 Å². The molecule has 0 saturated carbocycles. The van der Waals surface area contributed by atoms with Gasteiger partial charge in [0.25, 0.3) is 15.9 Å². The molecule has 0 fully saturated rings. The second kappa shape index (κ2) is 6.94. The average molecular weight is 327 g/mol. The van der Waals surface area contributed by atoms with Crippen molar-refractivity contribution in [2.75, 3.05) is 13.1 Å². The van der Waals surface area contributed by atoms with Crippen LogP contribution in [-0.2, 0) is 10.0 Å². The average Bonchev–Trinajstić information content (AvgIpc) is 2.85. The first-order chi connectivity index (χ1) is 10.1. The largest absolute Gasteiger partial charge is 0.438 e. The molecule has 0 atom stereocenters. The summed E-state index contributed by atoms with van der Waals surface area (Å²) in [4.78, 5) is 13.5. The first-order valence-corrected chi connectivity index (χ1v) is 8.39. The number of hydrogen-bond donors (Lipinski definition) is 1. The zero-order chi connectivity index (χ0) is 17.0. The monoisotopic (exact) mass is 327 g/mol. The maximum absolute atomic E-state index is 12.2. The predicted molar refractivity (Wildman–Crippen MR) is 80.6 cm³/mol. The Morgan fingerprint density at radius 2 is 2.05 bits per heavy atom. The van der Waals surface area contributed by atoms with Crippen LogP contribution in [0, 0.1) is 11.3 Å². The smallest absolute Gasteiger partial charge is 0.290 e. The predicted octanol–water partition coefficient (Wildman–Crippen LogP) is 1.73. The second-order valence-corrected chi connectivity index (χ2v) is 7.47. The highest BCUT2D eigenvalue weighted by molar-refractivity contribution is 7.89. The summed E-state index contributed by atoms with van der Waals surface area (Å²) < 4.78 is 31.9. The van der Waals surface area contributed by atoms with Gasteiger partial charge in [-0.25, -0.2) is 13.1 Å². The van der Waals surface area contributed by atoms with Crippen molar-refractivity contribution in [3.05, 3.63) is 17.9 Å². The number of carbonyl (C=O) groups is 1. The number of amides is 1. The Hall–Kier alpha value is -1.85. The van der Waals surface area contributed by atoms with Crippen molar-refractivity contribution in [3.8, 4) is 6.07 Å². The summed E-state index contributed by atoms with van der Waals surface area (Å²) in [6.45, 7) is 7.31. The van der Waals surface area contributed by atoms with Crippen molar-refractivity contribution < 1.29 is 17.6 Å². The summed E-state index contributed by atoms with van der Waals surface area (Å²) in [6, 6.07) is 4.44. The number of sulfonamides is 1. The van der Waals surface area contributed by atoms with Gasteiger partial charge in [0.15, 0.2) is 5.76 Å². The zero-order valence-corrected chi connectivity index (χ0v) is 14.0. The van der Waals surface area contributed by atoms with E-state index in [1.54, 1.807) is 20.8 Å². The minimum absolute atomic E-state index is 0.0737. The summed E-state index contributed by atoms with van der Waals surface area (Å²) in [5.74, 6) is -0.599. The highest BCUT2D eigenvalue weighted by Crippen LogP contribution is 2.17. The van der Waals surface area contributed by atoms with E-state index in [0.717, 1.165) is 0 Å². The van der Waals surface area contributed by atoms with E-state index in [1.165, 1.54) is 17.0 Å². The van der Waals surface area contributed by atoms with Crippen LogP contribution in [0.4, 0.5) is 0 Å². The summed E-state index contributed by atoms with van der Waals surface area (Å²) in [6.07, 6.45) is 0.685. The minimum atomic E-state index is -3.83. The Bertz CT molecular complexity index is 665. The third-order valence-corrected chi connectivity index (χ3v) is 4.17. The zero-order valence-electron chi connectivity index (χ0n) is 13.2. The number of nitrogens with one attached hydrogen (secondary N) is 1. The number of nitriles is 1. The fraction of sp³-hybridized carbons (Fsp3) is 0.571. The second-order valence-electron chi connectivity index (χ2n) is 5.86. The molecule has 1 N–H and O–H groups in total. The van der Waals surface area contributed by atoms with Crippen LogP contribution < -0.4 is 4.72 Å². The van der Waals surface area contributed by atoms with Crippen LogP contribution in [-0.4, -0.2) is 37.9 Å². The molecule has 22 heavy (non-hydrogen) atoms. The van der Waals surface area contributed by atoms with Gasteiger partial charge in [-0.15, -0.1) is 0 Å². The molecule has 0 aromatic carbocycles. The molecule has 1 heterocycles. The van der Waals surface area contributed by atoms with Crippen LogP contribution >= 0.6 is 0 Å². The van der Waals surface area contributed by atoms with Gasteiger partial charge in [-0.1, -0.05) is 6.92 Å². The Morgan fingerprint density at radius 1 is 1.41 bits per heavy atom. The molecular weight excluding hydrogens is 306 g/mol. The van der Waals surface area contributed by atoms with E-state index in [9.17, 15) is 13.2 Å². The molecule has 1 rings (SSSR count). The van der Waals surface area contributed by atoms with Crippen molar-refractivity contribution in [1.29, 1.82) is 5.26 Å². The topological polar surface area (TPSA) is 103 Å². The fourth-order valence-corrected chi connectivity index (χ4v) is 3.15. The van der Waals surface area contributed by atoms with Gasteiger partial charge in [0.1, 0.15) is 6.54 Å². The Morgan fingerprint density at radius 3 is 2.55 bits per heavy atom. The van der Waals surface area contributed by atoms with E-state index >= 15 is 0 Å². The van der Waals surface area contributed by atoms with Crippen LogP contribution in [0.3, 0.4) is 0 Å². The molecular formula is C14H21N3O4S. The van der Waals surface area contributed by atoms with Crippen LogP contribution in [0.1, 0.15) is 44.7 Å². The third kappa shape index (κ3) is 4.86. The van der Waals surface area contributed by atoms with Crippen molar-refractivity contribution in [2.45, 2.75) is 44.7 Å². The van der Waals surface area contributed by atoms with Gasteiger partial charge in [0.2, 0.25) is 5.09 Å². The van der Waals surface area contributed by atoms with Gasteiger partial charge >= 0.3 is 0 Å². The molecule has 0 radical (unpaired) electrons. The van der Waals surface area contributed by atoms with Gasteiger partial charge < -0.3 is 9.32 Å². The van der Waals surface area contributed by atoms with Gasteiger partial charge in [0, 0.05) is 12.1 Å². The van der Waals surface area contributed by atoms with Crippen LogP contribution in [0.25, 0.3) is 0 Å². The Balaban J connectivity index is 3.01. The van der Waals surface area contributed by atoms with Crippen LogP contribution in [0.15, 0.2) is 21.6 Å². The molecule has 0 aliphatic heterocycles. The summed E-state index contributed by atoms with van der Waals surface area (Å²) in [5, 5.41) is 8.42. The van der Waals surface area contributed by atoms with E-state index in [1.807, 2.05) is 13.0 Å². The van der Waals surface area contributed by atoms with Crippen molar-refractivity contribution >= 4 is 15.9 Å². The number of hydrogen-bond acceptors (Lipinski definition) is 5. The van der Waals surface area contributed by atoms with Crippen molar-refractivity contribution in [2.24, 2.45) is 0 Å². The number of furan rings is 1. The third-order valence-electron chi connectivity index (χ3n) is 2.54.